The van der Waals surface area contributed by atoms with Crippen molar-refractivity contribution in [1.29, 1.82) is 0 Å². The van der Waals surface area contributed by atoms with Crippen LogP contribution in [0.3, 0.4) is 0 Å². The minimum atomic E-state index is -0.617. The van der Waals surface area contributed by atoms with E-state index in [1.807, 2.05) is 47.4 Å². The van der Waals surface area contributed by atoms with Gasteiger partial charge in [-0.05, 0) is 54.3 Å². The van der Waals surface area contributed by atoms with E-state index in [4.69, 9.17) is 11.6 Å². The van der Waals surface area contributed by atoms with Gasteiger partial charge >= 0.3 is 0 Å². The van der Waals surface area contributed by atoms with Crippen molar-refractivity contribution in [2.75, 3.05) is 19.6 Å². The Morgan fingerprint density at radius 3 is 2.34 bits per heavy atom. The maximum Gasteiger partial charge on any atom is 0.246 e. The Kier molecular flexibility index (Phi) is 6.55. The summed E-state index contributed by atoms with van der Waals surface area (Å²) in [5, 5.41) is 1.67. The van der Waals surface area contributed by atoms with Crippen LogP contribution in [0.4, 0.5) is 8.78 Å². The van der Waals surface area contributed by atoms with Crippen LogP contribution in [-0.4, -0.2) is 63.2 Å². The van der Waals surface area contributed by atoms with E-state index in [1.165, 1.54) is 18.2 Å². The maximum atomic E-state index is 14.2. The van der Waals surface area contributed by atoms with E-state index in [-0.39, 0.29) is 36.5 Å². The van der Waals surface area contributed by atoms with Gasteiger partial charge in [-0.1, -0.05) is 48.0 Å². The molecule has 210 valence electrons. The molecule has 0 saturated carbocycles. The van der Waals surface area contributed by atoms with Crippen LogP contribution in [0.1, 0.15) is 41.3 Å². The van der Waals surface area contributed by atoms with Crippen molar-refractivity contribution < 1.29 is 18.4 Å². The van der Waals surface area contributed by atoms with E-state index < -0.39 is 23.7 Å². The van der Waals surface area contributed by atoms with Crippen LogP contribution in [0.15, 0.2) is 66.7 Å². The highest BCUT2D eigenvalue weighted by molar-refractivity contribution is 6.30. The van der Waals surface area contributed by atoms with Crippen LogP contribution in [0.5, 0.6) is 0 Å². The van der Waals surface area contributed by atoms with Gasteiger partial charge in [-0.2, -0.15) is 0 Å². The van der Waals surface area contributed by atoms with Crippen molar-refractivity contribution in [2.45, 2.75) is 43.9 Å². The highest BCUT2D eigenvalue weighted by Gasteiger charge is 2.49. The Balaban J connectivity index is 1.16. The number of hydrogen-bond acceptors (Lipinski definition) is 3. The zero-order valence-electron chi connectivity index (χ0n) is 22.3. The smallest absolute Gasteiger partial charge is 0.246 e. The lowest BCUT2D eigenvalue weighted by molar-refractivity contribution is -0.161. The van der Waals surface area contributed by atoms with E-state index in [0.717, 1.165) is 27.7 Å². The number of piperazine rings is 1. The van der Waals surface area contributed by atoms with Gasteiger partial charge < -0.3 is 14.8 Å². The lowest BCUT2D eigenvalue weighted by atomic mass is 9.85. The molecule has 41 heavy (non-hydrogen) atoms. The number of nitrogens with zero attached hydrogens (tertiary/aromatic N) is 3. The molecule has 9 heteroatoms. The van der Waals surface area contributed by atoms with Crippen molar-refractivity contribution in [2.24, 2.45) is 0 Å². The molecule has 2 amide bonds. The molecule has 2 saturated heterocycles. The molecular weight excluding hydrogens is 546 g/mol. The first-order chi connectivity index (χ1) is 19.9. The van der Waals surface area contributed by atoms with Crippen molar-refractivity contribution in [3.8, 4) is 0 Å². The molecule has 1 N–H and O–H groups in total. The predicted octanol–water partition coefficient (Wildman–Crippen LogP) is 5.45. The number of carbonyl (C=O) groups is 2. The third kappa shape index (κ3) is 4.50. The number of rotatable bonds is 4. The summed E-state index contributed by atoms with van der Waals surface area (Å²) in [6, 6.07) is 18.3. The van der Waals surface area contributed by atoms with Crippen LogP contribution >= 0.6 is 11.6 Å². The topological polar surface area (TPSA) is 59.7 Å². The summed E-state index contributed by atoms with van der Waals surface area (Å²) in [6.45, 7) is 1.37. The molecule has 2 fully saturated rings. The number of nitrogens with one attached hydrogen (secondary N) is 1. The lowest BCUT2D eigenvalue weighted by Gasteiger charge is -2.49. The Bertz CT molecular complexity index is 1630. The van der Waals surface area contributed by atoms with Crippen molar-refractivity contribution in [3.63, 3.8) is 0 Å². The molecule has 6 nitrogen and oxygen atoms in total. The van der Waals surface area contributed by atoms with Crippen molar-refractivity contribution in [1.82, 2.24) is 19.7 Å². The van der Waals surface area contributed by atoms with Crippen LogP contribution in [0, 0.1) is 11.6 Å². The predicted molar refractivity (Wildman–Crippen MR) is 152 cm³/mol. The van der Waals surface area contributed by atoms with Crippen LogP contribution < -0.4 is 0 Å². The Hall–Kier alpha value is -3.75. The third-order valence-electron chi connectivity index (χ3n) is 8.92. The summed E-state index contributed by atoms with van der Waals surface area (Å²) in [5.41, 5.74) is 3.94. The van der Waals surface area contributed by atoms with E-state index >= 15 is 0 Å². The van der Waals surface area contributed by atoms with Gasteiger partial charge in [0, 0.05) is 59.3 Å². The van der Waals surface area contributed by atoms with Gasteiger partial charge in [-0.25, -0.2) is 8.78 Å². The normalized spacial score (nSPS) is 21.8. The average Bonchev–Trinajstić information content (AvgIpc) is 3.35. The molecule has 4 aromatic rings. The molecule has 4 heterocycles. The summed E-state index contributed by atoms with van der Waals surface area (Å²) >= 11 is 6.19. The number of benzene rings is 3. The van der Waals surface area contributed by atoms with Gasteiger partial charge in [0.05, 0.1) is 6.04 Å². The standard InChI is InChI=1S/C32H29ClF2N4O2/c33-20-10-8-19(9-11-20)31-30-23(22-4-1-2-7-27(22)36-30)16-28-32(41)38(18-29(40)39(28)31)21-12-14-37(15-13-21)17-24-25(34)5-3-6-26(24)35/h1-11,21,28,31,36H,12-18H2/t28-,31-/m0/s1. The molecular formula is C32H29ClF2N4O2. The first-order valence-electron chi connectivity index (χ1n) is 14.0. The minimum absolute atomic E-state index is 0.0155. The quantitative estimate of drug-likeness (QED) is 0.353. The number of piperidine rings is 1. The van der Waals surface area contributed by atoms with E-state index in [2.05, 4.69) is 11.1 Å². The van der Waals surface area contributed by atoms with Gasteiger partial charge in [-0.15, -0.1) is 0 Å². The van der Waals surface area contributed by atoms with Crippen molar-refractivity contribution in [3.05, 3.63) is 106 Å². The number of halogens is 3. The lowest BCUT2D eigenvalue weighted by Crippen LogP contribution is -2.65. The Morgan fingerprint density at radius 2 is 1.61 bits per heavy atom. The second-order valence-corrected chi connectivity index (χ2v) is 11.6. The van der Waals surface area contributed by atoms with Gasteiger partial charge in [0.25, 0.3) is 0 Å². The third-order valence-corrected chi connectivity index (χ3v) is 9.17. The zero-order chi connectivity index (χ0) is 28.2. The number of carbonyl (C=O) groups excluding carboxylic acids is 2. The Morgan fingerprint density at radius 1 is 0.902 bits per heavy atom. The van der Waals surface area contributed by atoms with Crippen molar-refractivity contribution >= 4 is 34.3 Å². The fraction of sp³-hybridized carbons (Fsp3) is 0.312. The number of likely N-dealkylation sites (tertiary alicyclic amines) is 1. The highest BCUT2D eigenvalue weighted by atomic mass is 35.5. The molecule has 3 aliphatic heterocycles. The molecule has 0 radical (unpaired) electrons. The summed E-state index contributed by atoms with van der Waals surface area (Å²) in [6.07, 6.45) is 1.72. The van der Waals surface area contributed by atoms with Gasteiger partial charge in [-0.3, -0.25) is 14.5 Å². The number of hydrogen-bond donors (Lipinski definition) is 1. The van der Waals surface area contributed by atoms with Crippen LogP contribution in [0.25, 0.3) is 10.9 Å². The number of para-hydroxylation sites is 1. The Labute approximate surface area is 241 Å². The maximum absolute atomic E-state index is 14.2. The molecule has 0 bridgehead atoms. The molecule has 3 aromatic carbocycles. The number of aromatic nitrogens is 1. The molecule has 0 spiro atoms. The first kappa shape index (κ1) is 26.2. The molecule has 2 atom stereocenters. The number of H-pyrrole nitrogens is 1. The first-order valence-corrected chi connectivity index (χ1v) is 14.4. The summed E-state index contributed by atoms with van der Waals surface area (Å²) in [5.74, 6) is -1.23. The van der Waals surface area contributed by atoms with E-state index in [9.17, 15) is 18.4 Å². The molecule has 3 aliphatic rings. The number of aromatic amines is 1. The fourth-order valence-electron chi connectivity index (χ4n) is 6.88. The highest BCUT2D eigenvalue weighted by Crippen LogP contribution is 2.43. The SMILES string of the molecule is O=C1[C@@H]2Cc3c([nH]c4ccccc34)[C@H](c3ccc(Cl)cc3)N2C(=O)CN1C1CCN(Cc2c(F)cccc2F)CC1. The monoisotopic (exact) mass is 574 g/mol. The second-order valence-electron chi connectivity index (χ2n) is 11.2. The summed E-state index contributed by atoms with van der Waals surface area (Å²) in [4.78, 5) is 37.1. The number of amides is 2. The second kappa shape index (κ2) is 10.3. The number of fused-ring (bicyclic) bond motifs is 4. The minimum Gasteiger partial charge on any atom is -0.356 e. The van der Waals surface area contributed by atoms with Gasteiger partial charge in [0.1, 0.15) is 24.2 Å². The average molecular weight is 575 g/mol. The van der Waals surface area contributed by atoms with E-state index in [1.54, 1.807) is 9.80 Å². The summed E-state index contributed by atoms with van der Waals surface area (Å²) < 4.78 is 28.4. The van der Waals surface area contributed by atoms with Gasteiger partial charge in [0.2, 0.25) is 11.8 Å². The molecule has 7 rings (SSSR count). The van der Waals surface area contributed by atoms with E-state index in [0.29, 0.717) is 37.4 Å². The fourth-order valence-corrected chi connectivity index (χ4v) is 7.01. The molecule has 0 unspecified atom stereocenters. The van der Waals surface area contributed by atoms with Crippen LogP contribution in [0.2, 0.25) is 5.02 Å². The van der Waals surface area contributed by atoms with Gasteiger partial charge in [0.15, 0.2) is 0 Å². The zero-order valence-corrected chi connectivity index (χ0v) is 23.1. The van der Waals surface area contributed by atoms with Crippen LogP contribution in [-0.2, 0) is 22.6 Å². The summed E-state index contributed by atoms with van der Waals surface area (Å²) in [7, 11) is 0. The largest absolute Gasteiger partial charge is 0.356 e. The molecule has 0 aliphatic carbocycles. The molecule has 1 aromatic heterocycles.